The lowest BCUT2D eigenvalue weighted by Gasteiger charge is -2.30. The molecule has 0 aliphatic carbocycles. The van der Waals surface area contributed by atoms with Crippen molar-refractivity contribution in [2.45, 2.75) is 50.7 Å². The van der Waals surface area contributed by atoms with Crippen LogP contribution in [0.2, 0.25) is 10.0 Å². The first-order chi connectivity index (χ1) is 13.8. The molecule has 1 N–H and O–H groups in total. The van der Waals surface area contributed by atoms with Crippen LogP contribution in [0.4, 0.5) is 0 Å². The zero-order valence-corrected chi connectivity index (χ0v) is 19.2. The highest BCUT2D eigenvalue weighted by atomic mass is 35.5. The monoisotopic (exact) mass is 452 g/mol. The van der Waals surface area contributed by atoms with Gasteiger partial charge in [0.25, 0.3) is 0 Å². The molecule has 2 rings (SSSR count). The second kappa shape index (κ2) is 11.5. The van der Waals surface area contributed by atoms with E-state index in [1.54, 1.807) is 30.0 Å². The van der Waals surface area contributed by atoms with Crippen LogP contribution < -0.4 is 5.32 Å². The van der Waals surface area contributed by atoms with E-state index in [1.165, 1.54) is 11.8 Å². The molecule has 2 aromatic carbocycles. The second-order valence-electron chi connectivity index (χ2n) is 6.85. The van der Waals surface area contributed by atoms with E-state index in [0.717, 1.165) is 16.9 Å². The van der Waals surface area contributed by atoms with Gasteiger partial charge in [-0.05, 0) is 50.1 Å². The van der Waals surface area contributed by atoms with Gasteiger partial charge in [0.05, 0.1) is 5.75 Å². The van der Waals surface area contributed by atoms with Gasteiger partial charge in [-0.25, -0.2) is 0 Å². The maximum Gasteiger partial charge on any atom is 0.242 e. The Morgan fingerprint density at radius 2 is 1.79 bits per heavy atom. The van der Waals surface area contributed by atoms with Crippen molar-refractivity contribution >= 4 is 46.8 Å². The number of halogens is 2. The highest BCUT2D eigenvalue weighted by Gasteiger charge is 2.27. The van der Waals surface area contributed by atoms with Crippen LogP contribution in [-0.4, -0.2) is 34.6 Å². The molecule has 2 atom stereocenters. The third kappa shape index (κ3) is 7.25. The van der Waals surface area contributed by atoms with Crippen molar-refractivity contribution < 1.29 is 9.59 Å². The maximum atomic E-state index is 13.1. The fourth-order valence-electron chi connectivity index (χ4n) is 2.63. The van der Waals surface area contributed by atoms with Gasteiger partial charge in [-0.2, -0.15) is 0 Å². The predicted molar refractivity (Wildman–Crippen MR) is 122 cm³/mol. The summed E-state index contributed by atoms with van der Waals surface area (Å²) in [6, 6.07) is 14.3. The fraction of sp³-hybridized carbons (Fsp3) is 0.364. The molecule has 156 valence electrons. The molecule has 0 aromatic heterocycles. The topological polar surface area (TPSA) is 49.4 Å². The molecule has 2 aromatic rings. The smallest absolute Gasteiger partial charge is 0.242 e. The van der Waals surface area contributed by atoms with Gasteiger partial charge in [0, 0.05) is 27.5 Å². The Morgan fingerprint density at radius 1 is 1.10 bits per heavy atom. The van der Waals surface area contributed by atoms with Crippen molar-refractivity contribution in [3.05, 3.63) is 64.1 Å². The Hall–Kier alpha value is -1.69. The number of amides is 2. The summed E-state index contributed by atoms with van der Waals surface area (Å²) >= 11 is 13.7. The molecule has 0 saturated carbocycles. The van der Waals surface area contributed by atoms with Crippen LogP contribution in [0.1, 0.15) is 32.8 Å². The number of benzene rings is 2. The fourth-order valence-corrected chi connectivity index (χ4v) is 3.90. The van der Waals surface area contributed by atoms with Gasteiger partial charge in [0.15, 0.2) is 0 Å². The van der Waals surface area contributed by atoms with Gasteiger partial charge in [-0.1, -0.05) is 54.4 Å². The van der Waals surface area contributed by atoms with Crippen molar-refractivity contribution in [3.63, 3.8) is 0 Å². The average Bonchev–Trinajstić information content (AvgIpc) is 2.71. The first-order valence-electron chi connectivity index (χ1n) is 9.53. The van der Waals surface area contributed by atoms with E-state index in [-0.39, 0.29) is 30.2 Å². The van der Waals surface area contributed by atoms with Crippen LogP contribution >= 0.6 is 35.0 Å². The first kappa shape index (κ1) is 23.6. The van der Waals surface area contributed by atoms with Crippen molar-refractivity contribution in [1.82, 2.24) is 10.2 Å². The SMILES string of the molecule is CC[C@H](C)NC(=O)[C@@H](C)N(Cc1ccc(Cl)cc1Cl)C(=O)CSc1ccccc1. The molecule has 0 heterocycles. The van der Waals surface area contributed by atoms with Gasteiger partial charge in [-0.15, -0.1) is 11.8 Å². The summed E-state index contributed by atoms with van der Waals surface area (Å²) in [4.78, 5) is 28.3. The van der Waals surface area contributed by atoms with Crippen LogP contribution in [0.3, 0.4) is 0 Å². The molecule has 4 nitrogen and oxygen atoms in total. The number of nitrogens with one attached hydrogen (secondary N) is 1. The van der Waals surface area contributed by atoms with Crippen molar-refractivity contribution in [3.8, 4) is 0 Å². The van der Waals surface area contributed by atoms with Gasteiger partial charge in [-0.3, -0.25) is 9.59 Å². The summed E-state index contributed by atoms with van der Waals surface area (Å²) in [7, 11) is 0. The molecule has 7 heteroatoms. The summed E-state index contributed by atoms with van der Waals surface area (Å²) in [6.07, 6.45) is 0.819. The summed E-state index contributed by atoms with van der Waals surface area (Å²) in [6.45, 7) is 5.92. The normalized spacial score (nSPS) is 12.9. The van der Waals surface area contributed by atoms with E-state index < -0.39 is 6.04 Å². The number of hydrogen-bond donors (Lipinski definition) is 1. The van der Waals surface area contributed by atoms with Gasteiger partial charge >= 0.3 is 0 Å². The molecular formula is C22H26Cl2N2O2S. The molecule has 0 radical (unpaired) electrons. The van der Waals surface area contributed by atoms with Crippen molar-refractivity contribution in [2.75, 3.05) is 5.75 Å². The first-order valence-corrected chi connectivity index (χ1v) is 11.3. The van der Waals surface area contributed by atoms with Crippen molar-refractivity contribution in [2.24, 2.45) is 0 Å². The quantitative estimate of drug-likeness (QED) is 0.516. The third-order valence-corrected chi connectivity index (χ3v) is 6.21. The average molecular weight is 453 g/mol. The lowest BCUT2D eigenvalue weighted by atomic mass is 10.1. The van der Waals surface area contributed by atoms with Crippen molar-refractivity contribution in [1.29, 1.82) is 0 Å². The lowest BCUT2D eigenvalue weighted by molar-refractivity contribution is -0.138. The van der Waals surface area contributed by atoms with Gasteiger partial charge < -0.3 is 10.2 Å². The number of nitrogens with zero attached hydrogens (tertiary/aromatic N) is 1. The molecule has 0 bridgehead atoms. The Bertz CT molecular complexity index is 833. The summed E-state index contributed by atoms with van der Waals surface area (Å²) < 4.78 is 0. The molecule has 0 fully saturated rings. The van der Waals surface area contributed by atoms with Gasteiger partial charge in [0.1, 0.15) is 6.04 Å². The van der Waals surface area contributed by atoms with Crippen LogP contribution in [0.25, 0.3) is 0 Å². The van der Waals surface area contributed by atoms with E-state index in [1.807, 2.05) is 44.2 Å². The van der Waals surface area contributed by atoms with E-state index in [0.29, 0.717) is 10.0 Å². The van der Waals surface area contributed by atoms with Crippen LogP contribution in [0, 0.1) is 0 Å². The Kier molecular flexibility index (Phi) is 9.34. The molecule has 0 aliphatic heterocycles. The lowest BCUT2D eigenvalue weighted by Crippen LogP contribution is -2.50. The zero-order chi connectivity index (χ0) is 21.4. The predicted octanol–water partition coefficient (Wildman–Crippen LogP) is 5.42. The minimum Gasteiger partial charge on any atom is -0.352 e. The molecule has 0 spiro atoms. The number of rotatable bonds is 9. The minimum atomic E-state index is -0.625. The minimum absolute atomic E-state index is 0.0414. The molecule has 0 saturated heterocycles. The summed E-state index contributed by atoms with van der Waals surface area (Å²) in [5.41, 5.74) is 0.748. The van der Waals surface area contributed by atoms with Crippen LogP contribution in [-0.2, 0) is 16.1 Å². The van der Waals surface area contributed by atoms with Crippen LogP contribution in [0.15, 0.2) is 53.4 Å². The Morgan fingerprint density at radius 3 is 2.41 bits per heavy atom. The summed E-state index contributed by atoms with van der Waals surface area (Å²) in [5, 5.41) is 3.95. The number of hydrogen-bond acceptors (Lipinski definition) is 3. The zero-order valence-electron chi connectivity index (χ0n) is 16.8. The van der Waals surface area contributed by atoms with E-state index >= 15 is 0 Å². The molecular weight excluding hydrogens is 427 g/mol. The highest BCUT2D eigenvalue weighted by Crippen LogP contribution is 2.24. The summed E-state index contributed by atoms with van der Waals surface area (Å²) in [5.74, 6) is -0.0740. The number of carbonyl (C=O) groups is 2. The third-order valence-electron chi connectivity index (χ3n) is 4.63. The number of carbonyl (C=O) groups excluding carboxylic acids is 2. The van der Waals surface area contributed by atoms with E-state index in [4.69, 9.17) is 23.2 Å². The molecule has 0 aliphatic rings. The van der Waals surface area contributed by atoms with Gasteiger partial charge in [0.2, 0.25) is 11.8 Å². The number of thioether (sulfide) groups is 1. The highest BCUT2D eigenvalue weighted by molar-refractivity contribution is 8.00. The molecule has 29 heavy (non-hydrogen) atoms. The standard InChI is InChI=1S/C22H26Cl2N2O2S/c1-4-15(2)25-22(28)16(3)26(13-17-10-11-18(23)12-20(17)24)21(27)14-29-19-8-6-5-7-9-19/h5-12,15-16H,4,13-14H2,1-3H3,(H,25,28)/t15-,16+/m0/s1. The largest absolute Gasteiger partial charge is 0.352 e. The van der Waals surface area contributed by atoms with Crippen LogP contribution in [0.5, 0.6) is 0 Å². The Balaban J connectivity index is 2.18. The van der Waals surface area contributed by atoms with E-state index in [2.05, 4.69) is 5.32 Å². The molecule has 2 amide bonds. The maximum absolute atomic E-state index is 13.1. The Labute approximate surface area is 187 Å². The van der Waals surface area contributed by atoms with E-state index in [9.17, 15) is 9.59 Å². The molecule has 0 unspecified atom stereocenters. The second-order valence-corrected chi connectivity index (χ2v) is 8.75.